The molecule has 0 radical (unpaired) electrons. The van der Waals surface area contributed by atoms with Gasteiger partial charge in [0.1, 0.15) is 0 Å². The lowest BCUT2D eigenvalue weighted by Crippen LogP contribution is -2.30. The molecule has 0 fully saturated rings. The number of carboxylic acid groups (broad SMARTS) is 1. The summed E-state index contributed by atoms with van der Waals surface area (Å²) >= 11 is 0. The highest BCUT2D eigenvalue weighted by atomic mass is 32.2. The van der Waals surface area contributed by atoms with Crippen LogP contribution in [0.2, 0.25) is 0 Å². The molecule has 0 aliphatic heterocycles. The van der Waals surface area contributed by atoms with Crippen LogP contribution in [0.1, 0.15) is 18.4 Å². The van der Waals surface area contributed by atoms with Crippen LogP contribution < -0.4 is 4.72 Å². The van der Waals surface area contributed by atoms with E-state index in [1.54, 1.807) is 0 Å². The highest BCUT2D eigenvalue weighted by Gasteiger charge is 2.13. The normalized spacial score (nSPS) is 11.3. The molecule has 0 bridgehead atoms. The van der Waals surface area contributed by atoms with E-state index in [1.807, 2.05) is 30.3 Å². The molecule has 6 heteroatoms. The summed E-state index contributed by atoms with van der Waals surface area (Å²) in [4.78, 5) is 10.3. The molecule has 1 aromatic rings. The third-order valence-corrected chi connectivity index (χ3v) is 3.64. The topological polar surface area (TPSA) is 83.5 Å². The summed E-state index contributed by atoms with van der Waals surface area (Å²) in [6.07, 6.45) is 2.44. The predicted molar refractivity (Wildman–Crippen MR) is 68.8 cm³/mol. The number of carboxylic acids is 1. The van der Waals surface area contributed by atoms with Gasteiger partial charge in [0.2, 0.25) is 10.0 Å². The van der Waals surface area contributed by atoms with Crippen molar-refractivity contribution in [1.29, 1.82) is 0 Å². The zero-order valence-corrected chi connectivity index (χ0v) is 10.8. The zero-order chi connectivity index (χ0) is 13.4. The van der Waals surface area contributed by atoms with Gasteiger partial charge in [0.25, 0.3) is 0 Å². The van der Waals surface area contributed by atoms with Crippen molar-refractivity contribution in [2.24, 2.45) is 0 Å². The van der Waals surface area contributed by atoms with Gasteiger partial charge in [-0.05, 0) is 24.8 Å². The molecule has 5 nitrogen and oxygen atoms in total. The summed E-state index contributed by atoms with van der Waals surface area (Å²) in [7, 11) is -3.68. The number of carbonyl (C=O) groups is 1. The van der Waals surface area contributed by atoms with Gasteiger partial charge in [-0.15, -0.1) is 0 Å². The van der Waals surface area contributed by atoms with Crippen LogP contribution in [0.15, 0.2) is 30.3 Å². The van der Waals surface area contributed by atoms with Crippen molar-refractivity contribution in [3.8, 4) is 0 Å². The van der Waals surface area contributed by atoms with Gasteiger partial charge in [0, 0.05) is 6.54 Å². The molecule has 18 heavy (non-hydrogen) atoms. The van der Waals surface area contributed by atoms with Crippen molar-refractivity contribution in [1.82, 2.24) is 4.72 Å². The first kappa shape index (κ1) is 14.7. The van der Waals surface area contributed by atoms with Crippen LogP contribution in [0.4, 0.5) is 0 Å². The molecular formula is C12H17NO4S. The van der Waals surface area contributed by atoms with Crippen molar-refractivity contribution in [2.45, 2.75) is 19.3 Å². The minimum absolute atomic E-state index is 0.280. The van der Waals surface area contributed by atoms with Crippen LogP contribution in [0.25, 0.3) is 0 Å². The van der Waals surface area contributed by atoms with Crippen molar-refractivity contribution in [2.75, 3.05) is 12.3 Å². The van der Waals surface area contributed by atoms with Gasteiger partial charge in [-0.25, -0.2) is 13.1 Å². The fraction of sp³-hybridized carbons (Fsp3) is 0.417. The molecule has 100 valence electrons. The fourth-order valence-electron chi connectivity index (χ4n) is 1.54. The Morgan fingerprint density at radius 1 is 1.17 bits per heavy atom. The number of aryl methyl sites for hydroxylation is 1. The van der Waals surface area contributed by atoms with Gasteiger partial charge in [0.15, 0.2) is 5.75 Å². The van der Waals surface area contributed by atoms with Crippen molar-refractivity contribution in [3.05, 3.63) is 35.9 Å². The first-order valence-corrected chi connectivity index (χ1v) is 7.38. The number of nitrogens with one attached hydrogen (secondary N) is 1. The smallest absolute Gasteiger partial charge is 0.320 e. The van der Waals surface area contributed by atoms with Crippen molar-refractivity contribution >= 4 is 16.0 Å². The molecule has 0 saturated heterocycles. The SMILES string of the molecule is O=C(O)CS(=O)(=O)NCCCCc1ccccc1. The average molecular weight is 271 g/mol. The molecule has 0 aliphatic rings. The molecule has 0 heterocycles. The second kappa shape index (κ2) is 7.13. The van der Waals surface area contributed by atoms with Crippen LogP contribution in [-0.2, 0) is 21.2 Å². The number of hydrogen-bond donors (Lipinski definition) is 2. The first-order valence-electron chi connectivity index (χ1n) is 5.73. The summed E-state index contributed by atoms with van der Waals surface area (Å²) in [5.74, 6) is -2.21. The van der Waals surface area contributed by atoms with Gasteiger partial charge in [-0.2, -0.15) is 0 Å². The summed E-state index contributed by atoms with van der Waals surface area (Å²) in [5, 5.41) is 8.38. The van der Waals surface area contributed by atoms with E-state index in [0.717, 1.165) is 12.8 Å². The van der Waals surface area contributed by atoms with Crippen LogP contribution >= 0.6 is 0 Å². The molecule has 0 aliphatic carbocycles. The molecule has 0 atom stereocenters. The number of benzene rings is 1. The van der Waals surface area contributed by atoms with E-state index >= 15 is 0 Å². The molecule has 0 saturated carbocycles. The Morgan fingerprint density at radius 3 is 2.44 bits per heavy atom. The second-order valence-electron chi connectivity index (χ2n) is 3.99. The van der Waals surface area contributed by atoms with E-state index in [1.165, 1.54) is 5.56 Å². The van der Waals surface area contributed by atoms with Crippen LogP contribution in [0, 0.1) is 0 Å². The van der Waals surface area contributed by atoms with Gasteiger partial charge in [-0.1, -0.05) is 30.3 Å². The molecule has 0 amide bonds. The Labute approximate surface area is 107 Å². The quantitative estimate of drug-likeness (QED) is 0.691. The van der Waals surface area contributed by atoms with E-state index in [4.69, 9.17) is 5.11 Å². The number of unbranched alkanes of at least 4 members (excludes halogenated alkanes) is 1. The number of sulfonamides is 1. The zero-order valence-electron chi connectivity index (χ0n) is 10.0. The van der Waals surface area contributed by atoms with E-state index in [2.05, 4.69) is 4.72 Å². The summed E-state index contributed by atoms with van der Waals surface area (Å²) < 4.78 is 24.6. The number of hydrogen-bond acceptors (Lipinski definition) is 3. The van der Waals surface area contributed by atoms with Gasteiger partial charge < -0.3 is 5.11 Å². The molecule has 2 N–H and O–H groups in total. The van der Waals surface area contributed by atoms with Crippen molar-refractivity contribution < 1.29 is 18.3 Å². The lowest BCUT2D eigenvalue weighted by molar-refractivity contribution is -0.134. The first-order chi connectivity index (χ1) is 8.49. The highest BCUT2D eigenvalue weighted by molar-refractivity contribution is 7.90. The van der Waals surface area contributed by atoms with Crippen LogP contribution in [0.5, 0.6) is 0 Å². The van der Waals surface area contributed by atoms with E-state index in [0.29, 0.717) is 6.42 Å². The highest BCUT2D eigenvalue weighted by Crippen LogP contribution is 2.03. The Kier molecular flexibility index (Phi) is 5.80. The maximum Gasteiger partial charge on any atom is 0.320 e. The maximum atomic E-state index is 11.2. The minimum atomic E-state index is -3.68. The van der Waals surface area contributed by atoms with Gasteiger partial charge >= 0.3 is 5.97 Å². The standard InChI is InChI=1S/C12H17NO4S/c14-12(15)10-18(16,17)13-9-5-4-8-11-6-2-1-3-7-11/h1-3,6-7,13H,4-5,8-10H2,(H,14,15). The third-order valence-electron chi connectivity index (χ3n) is 2.37. The van der Waals surface area contributed by atoms with E-state index in [-0.39, 0.29) is 6.54 Å². The Balaban J connectivity index is 2.18. The van der Waals surface area contributed by atoms with Gasteiger partial charge in [-0.3, -0.25) is 4.79 Å². The molecule has 0 unspecified atom stereocenters. The largest absolute Gasteiger partial charge is 0.480 e. The Morgan fingerprint density at radius 2 is 1.83 bits per heavy atom. The lowest BCUT2D eigenvalue weighted by atomic mass is 10.1. The van der Waals surface area contributed by atoms with E-state index in [9.17, 15) is 13.2 Å². The predicted octanol–water partition coefficient (Wildman–Crippen LogP) is 1.01. The Hall–Kier alpha value is -1.40. The molecule has 0 spiro atoms. The maximum absolute atomic E-state index is 11.2. The monoisotopic (exact) mass is 271 g/mol. The Bertz CT molecular complexity index is 470. The molecular weight excluding hydrogens is 254 g/mol. The molecule has 1 aromatic carbocycles. The number of rotatable bonds is 8. The van der Waals surface area contributed by atoms with Crippen molar-refractivity contribution in [3.63, 3.8) is 0 Å². The molecule has 0 aromatic heterocycles. The number of aliphatic carboxylic acids is 1. The summed E-state index contributed by atoms with van der Waals surface area (Å²) in [6, 6.07) is 9.92. The lowest BCUT2D eigenvalue weighted by Gasteiger charge is -2.04. The summed E-state index contributed by atoms with van der Waals surface area (Å²) in [5.41, 5.74) is 1.21. The van der Waals surface area contributed by atoms with Crippen LogP contribution in [0.3, 0.4) is 0 Å². The average Bonchev–Trinajstić information content (AvgIpc) is 2.28. The molecule has 1 rings (SSSR count). The third kappa shape index (κ3) is 6.36. The van der Waals surface area contributed by atoms with E-state index < -0.39 is 21.7 Å². The minimum Gasteiger partial charge on any atom is -0.480 e. The summed E-state index contributed by atoms with van der Waals surface area (Å²) in [6.45, 7) is 0.280. The fourth-order valence-corrected chi connectivity index (χ4v) is 2.42. The second-order valence-corrected chi connectivity index (χ2v) is 5.80. The van der Waals surface area contributed by atoms with Crippen LogP contribution in [-0.4, -0.2) is 31.8 Å². The van der Waals surface area contributed by atoms with Gasteiger partial charge in [0.05, 0.1) is 0 Å².